The van der Waals surface area contributed by atoms with Crippen molar-refractivity contribution in [1.82, 2.24) is 10.6 Å². The second kappa shape index (κ2) is 9.95. The number of halogens is 4. The number of ether oxygens (including phenoxy) is 1. The minimum atomic E-state index is -4.32. The first-order valence-electron chi connectivity index (χ1n) is 7.77. The fraction of sp³-hybridized carbons (Fsp3) is 0.562. The summed E-state index contributed by atoms with van der Waals surface area (Å²) in [6.45, 7) is 2.89. The summed E-state index contributed by atoms with van der Waals surface area (Å²) in [5.74, 6) is 1.72. The van der Waals surface area contributed by atoms with Gasteiger partial charge < -0.3 is 15.4 Å². The summed E-state index contributed by atoms with van der Waals surface area (Å²) in [4.78, 5) is 4.47. The third kappa shape index (κ3) is 8.60. The lowest BCUT2D eigenvalue weighted by atomic mass is 10.2. The van der Waals surface area contributed by atoms with E-state index in [1.165, 1.54) is 25.0 Å². The molecule has 0 bridgehead atoms. The van der Waals surface area contributed by atoms with E-state index in [2.05, 4.69) is 20.4 Å². The quantitative estimate of drug-likeness (QED) is 0.373. The van der Waals surface area contributed by atoms with Crippen molar-refractivity contribution < 1.29 is 17.9 Å². The maximum atomic E-state index is 12.1. The Morgan fingerprint density at radius 1 is 1.21 bits per heavy atom. The smallest absolute Gasteiger partial charge is 0.422 e. The Labute approximate surface area is 157 Å². The first-order valence-corrected chi connectivity index (χ1v) is 7.77. The summed E-state index contributed by atoms with van der Waals surface area (Å²) in [6, 6.07) is 6.50. The average Bonchev–Trinajstić information content (AvgIpc) is 3.32. The third-order valence-corrected chi connectivity index (χ3v) is 3.34. The standard InChI is InChI=1S/C16H22F3N3O.HI/c1-2-20-15(21-9-12-3-4-12)22-10-13-5-7-14(8-6-13)23-11-16(17,18)19;/h5-8,12H,2-4,9-11H2,1H3,(H2,20,21,22);1H. The topological polar surface area (TPSA) is 45.7 Å². The van der Waals surface area contributed by atoms with Gasteiger partial charge in [-0.3, -0.25) is 0 Å². The van der Waals surface area contributed by atoms with Crippen molar-refractivity contribution in [3.05, 3.63) is 29.8 Å². The molecule has 2 N–H and O–H groups in total. The molecule has 136 valence electrons. The highest BCUT2D eigenvalue weighted by molar-refractivity contribution is 14.0. The summed E-state index contributed by atoms with van der Waals surface area (Å²) in [5, 5.41) is 6.46. The molecule has 1 aromatic rings. The summed E-state index contributed by atoms with van der Waals surface area (Å²) in [6.07, 6.45) is -1.78. The fourth-order valence-electron chi connectivity index (χ4n) is 1.93. The lowest BCUT2D eigenvalue weighted by molar-refractivity contribution is -0.153. The van der Waals surface area contributed by atoms with Crippen LogP contribution in [0.15, 0.2) is 29.3 Å². The van der Waals surface area contributed by atoms with Crippen LogP contribution in [0.4, 0.5) is 13.2 Å². The molecule has 1 saturated carbocycles. The number of rotatable bonds is 7. The van der Waals surface area contributed by atoms with Gasteiger partial charge in [-0.05, 0) is 43.4 Å². The lowest BCUT2D eigenvalue weighted by Gasteiger charge is -2.11. The molecule has 2 rings (SSSR count). The first kappa shape index (κ1) is 20.9. The molecule has 0 aliphatic heterocycles. The molecule has 24 heavy (non-hydrogen) atoms. The van der Waals surface area contributed by atoms with Crippen LogP contribution >= 0.6 is 24.0 Å². The molecular weight excluding hydrogens is 434 g/mol. The van der Waals surface area contributed by atoms with Crippen molar-refractivity contribution in [2.24, 2.45) is 10.9 Å². The molecular formula is C16H23F3IN3O. The zero-order chi connectivity index (χ0) is 16.7. The normalized spacial score (nSPS) is 14.8. The van der Waals surface area contributed by atoms with Crippen molar-refractivity contribution in [3.8, 4) is 5.75 Å². The lowest BCUT2D eigenvalue weighted by Crippen LogP contribution is -2.38. The van der Waals surface area contributed by atoms with Gasteiger partial charge in [0.15, 0.2) is 12.6 Å². The molecule has 1 fully saturated rings. The highest BCUT2D eigenvalue weighted by atomic mass is 127. The Morgan fingerprint density at radius 2 is 1.88 bits per heavy atom. The van der Waals surface area contributed by atoms with Crippen LogP contribution in [-0.2, 0) is 6.54 Å². The van der Waals surface area contributed by atoms with Crippen LogP contribution in [0.3, 0.4) is 0 Å². The van der Waals surface area contributed by atoms with Crippen molar-refractivity contribution >= 4 is 29.9 Å². The van der Waals surface area contributed by atoms with Crippen LogP contribution < -0.4 is 15.4 Å². The number of alkyl halides is 3. The molecule has 1 aromatic carbocycles. The maximum Gasteiger partial charge on any atom is 0.422 e. The van der Waals surface area contributed by atoms with Gasteiger partial charge in [-0.15, -0.1) is 24.0 Å². The largest absolute Gasteiger partial charge is 0.484 e. The molecule has 0 unspecified atom stereocenters. The molecule has 8 heteroatoms. The zero-order valence-electron chi connectivity index (χ0n) is 13.5. The van der Waals surface area contributed by atoms with Crippen LogP contribution in [0.2, 0.25) is 0 Å². The average molecular weight is 457 g/mol. The monoisotopic (exact) mass is 457 g/mol. The van der Waals surface area contributed by atoms with E-state index >= 15 is 0 Å². The van der Waals surface area contributed by atoms with Gasteiger partial charge >= 0.3 is 6.18 Å². The van der Waals surface area contributed by atoms with Gasteiger partial charge in [-0.2, -0.15) is 13.2 Å². The molecule has 0 heterocycles. The Kier molecular flexibility index (Phi) is 8.65. The molecule has 0 atom stereocenters. The van der Waals surface area contributed by atoms with E-state index in [1.54, 1.807) is 12.1 Å². The Morgan fingerprint density at radius 3 is 2.42 bits per heavy atom. The van der Waals surface area contributed by atoms with Crippen molar-refractivity contribution in [2.75, 3.05) is 19.7 Å². The van der Waals surface area contributed by atoms with E-state index in [0.717, 1.165) is 30.5 Å². The number of hydrogen-bond donors (Lipinski definition) is 2. The van der Waals surface area contributed by atoms with Gasteiger partial charge in [0.1, 0.15) is 5.75 Å². The van der Waals surface area contributed by atoms with Gasteiger partial charge in [0.25, 0.3) is 0 Å². The number of nitrogens with zero attached hydrogens (tertiary/aromatic N) is 1. The van der Waals surface area contributed by atoms with Gasteiger partial charge in [-0.25, -0.2) is 4.99 Å². The van der Waals surface area contributed by atoms with Crippen molar-refractivity contribution in [2.45, 2.75) is 32.5 Å². The van der Waals surface area contributed by atoms with E-state index in [4.69, 9.17) is 0 Å². The summed E-state index contributed by atoms with van der Waals surface area (Å²) < 4.78 is 40.9. The van der Waals surface area contributed by atoms with E-state index in [0.29, 0.717) is 6.54 Å². The van der Waals surface area contributed by atoms with E-state index in [-0.39, 0.29) is 29.7 Å². The van der Waals surface area contributed by atoms with Crippen molar-refractivity contribution in [3.63, 3.8) is 0 Å². The van der Waals surface area contributed by atoms with Crippen LogP contribution in [0.5, 0.6) is 5.75 Å². The van der Waals surface area contributed by atoms with E-state index < -0.39 is 12.8 Å². The molecule has 0 saturated heterocycles. The molecule has 0 amide bonds. The summed E-state index contributed by atoms with van der Waals surface area (Å²) in [7, 11) is 0. The predicted octanol–water partition coefficient (Wildman–Crippen LogP) is 3.71. The van der Waals surface area contributed by atoms with Crippen molar-refractivity contribution in [1.29, 1.82) is 0 Å². The minimum Gasteiger partial charge on any atom is -0.484 e. The van der Waals surface area contributed by atoms with Gasteiger partial charge in [0, 0.05) is 13.1 Å². The van der Waals surface area contributed by atoms with Gasteiger partial charge in [0.05, 0.1) is 6.54 Å². The Balaban J connectivity index is 0.00000288. The highest BCUT2D eigenvalue weighted by Crippen LogP contribution is 2.27. The second-order valence-corrected chi connectivity index (χ2v) is 5.57. The third-order valence-electron chi connectivity index (χ3n) is 3.34. The highest BCUT2D eigenvalue weighted by Gasteiger charge is 2.28. The molecule has 4 nitrogen and oxygen atoms in total. The summed E-state index contributed by atoms with van der Waals surface area (Å²) >= 11 is 0. The second-order valence-electron chi connectivity index (χ2n) is 5.57. The first-order chi connectivity index (χ1) is 11.0. The SMILES string of the molecule is CCNC(=NCc1ccc(OCC(F)(F)F)cc1)NCC1CC1.I. The van der Waals surface area contributed by atoms with Crippen LogP contribution in [0.25, 0.3) is 0 Å². The number of guanidine groups is 1. The van der Waals surface area contributed by atoms with E-state index in [9.17, 15) is 13.2 Å². The fourth-order valence-corrected chi connectivity index (χ4v) is 1.93. The number of nitrogens with one attached hydrogen (secondary N) is 2. The molecule has 0 radical (unpaired) electrons. The number of benzene rings is 1. The molecule has 0 spiro atoms. The molecule has 1 aliphatic rings. The number of aliphatic imine (C=N–C) groups is 1. The maximum absolute atomic E-state index is 12.1. The number of hydrogen-bond acceptors (Lipinski definition) is 2. The minimum absolute atomic E-state index is 0. The van der Waals surface area contributed by atoms with Gasteiger partial charge in [0.2, 0.25) is 0 Å². The Hall–Kier alpha value is -1.19. The van der Waals surface area contributed by atoms with Crippen LogP contribution in [-0.4, -0.2) is 31.8 Å². The molecule has 1 aliphatic carbocycles. The van der Waals surface area contributed by atoms with E-state index in [1.807, 2.05) is 6.92 Å². The summed E-state index contributed by atoms with van der Waals surface area (Å²) in [5.41, 5.74) is 0.910. The zero-order valence-corrected chi connectivity index (χ0v) is 15.9. The Bertz CT molecular complexity index is 516. The van der Waals surface area contributed by atoms with Crippen LogP contribution in [0.1, 0.15) is 25.3 Å². The predicted molar refractivity (Wildman–Crippen MR) is 98.9 cm³/mol. The van der Waals surface area contributed by atoms with Crippen LogP contribution in [0, 0.1) is 5.92 Å². The molecule has 0 aromatic heterocycles. The van der Waals surface area contributed by atoms with Gasteiger partial charge in [-0.1, -0.05) is 12.1 Å².